The third-order valence-electron chi connectivity index (χ3n) is 2.62. The molecule has 0 aliphatic heterocycles. The minimum atomic E-state index is -0.0648. The van der Waals surface area contributed by atoms with Crippen LogP contribution in [0.1, 0.15) is 25.7 Å². The molecule has 0 unspecified atom stereocenters. The summed E-state index contributed by atoms with van der Waals surface area (Å²) in [6.07, 6.45) is 4.18. The highest BCUT2D eigenvalue weighted by atomic mass is 16.7. The molecule has 0 fully saturated rings. The maximum Gasteiger partial charge on any atom is 0.156 e. The van der Waals surface area contributed by atoms with E-state index in [1.54, 1.807) is 14.2 Å². The lowest BCUT2D eigenvalue weighted by molar-refractivity contribution is -0.107. The van der Waals surface area contributed by atoms with Gasteiger partial charge in [-0.2, -0.15) is 0 Å². The highest BCUT2D eigenvalue weighted by Crippen LogP contribution is 2.10. The summed E-state index contributed by atoms with van der Waals surface area (Å²) in [6, 6.07) is 9.91. The second-order valence-corrected chi connectivity index (χ2v) is 3.91. The molecular formula is C14H22O3. The van der Waals surface area contributed by atoms with E-state index in [-0.39, 0.29) is 6.29 Å². The Hall–Kier alpha value is -1.06. The van der Waals surface area contributed by atoms with Crippen molar-refractivity contribution in [1.29, 1.82) is 0 Å². The van der Waals surface area contributed by atoms with Crippen molar-refractivity contribution in [3.05, 3.63) is 30.3 Å². The Morgan fingerprint density at radius 3 is 2.29 bits per heavy atom. The van der Waals surface area contributed by atoms with Crippen LogP contribution in [0.5, 0.6) is 5.75 Å². The van der Waals surface area contributed by atoms with E-state index in [4.69, 9.17) is 14.2 Å². The molecule has 0 heterocycles. The SMILES string of the molecule is COC(CCCCCOc1ccccc1)OC. The van der Waals surface area contributed by atoms with Crippen molar-refractivity contribution in [1.82, 2.24) is 0 Å². The Balaban J connectivity index is 1.98. The van der Waals surface area contributed by atoms with Crippen LogP contribution in [0, 0.1) is 0 Å². The lowest BCUT2D eigenvalue weighted by atomic mass is 10.2. The first-order chi connectivity index (χ1) is 8.36. The molecule has 0 saturated carbocycles. The fourth-order valence-electron chi connectivity index (χ4n) is 1.63. The normalized spacial score (nSPS) is 10.8. The molecule has 0 spiro atoms. The number of benzene rings is 1. The van der Waals surface area contributed by atoms with Crippen molar-refractivity contribution in [3.63, 3.8) is 0 Å². The number of hydrogen-bond donors (Lipinski definition) is 0. The summed E-state index contributed by atoms with van der Waals surface area (Å²) in [4.78, 5) is 0. The molecular weight excluding hydrogens is 216 g/mol. The van der Waals surface area contributed by atoms with Crippen LogP contribution in [-0.4, -0.2) is 27.1 Å². The van der Waals surface area contributed by atoms with Crippen LogP contribution in [0.15, 0.2) is 30.3 Å². The van der Waals surface area contributed by atoms with Crippen LogP contribution in [0.3, 0.4) is 0 Å². The molecule has 0 aliphatic rings. The Labute approximate surface area is 104 Å². The second kappa shape index (κ2) is 9.02. The summed E-state index contributed by atoms with van der Waals surface area (Å²) in [6.45, 7) is 0.772. The maximum atomic E-state index is 5.60. The van der Waals surface area contributed by atoms with E-state index in [1.165, 1.54) is 0 Å². The topological polar surface area (TPSA) is 27.7 Å². The third kappa shape index (κ3) is 6.29. The molecule has 0 N–H and O–H groups in total. The predicted octanol–water partition coefficient (Wildman–Crippen LogP) is 3.24. The van der Waals surface area contributed by atoms with Gasteiger partial charge in [0.15, 0.2) is 6.29 Å². The monoisotopic (exact) mass is 238 g/mol. The first-order valence-electron chi connectivity index (χ1n) is 6.10. The van der Waals surface area contributed by atoms with Crippen LogP contribution in [0.25, 0.3) is 0 Å². The van der Waals surface area contributed by atoms with Gasteiger partial charge in [-0.15, -0.1) is 0 Å². The van der Waals surface area contributed by atoms with E-state index in [9.17, 15) is 0 Å². The van der Waals surface area contributed by atoms with Gasteiger partial charge in [-0.25, -0.2) is 0 Å². The maximum absolute atomic E-state index is 5.60. The first kappa shape index (κ1) is 14.0. The minimum absolute atomic E-state index is 0.0648. The Morgan fingerprint density at radius 2 is 1.65 bits per heavy atom. The molecule has 0 aromatic heterocycles. The molecule has 0 atom stereocenters. The van der Waals surface area contributed by atoms with Gasteiger partial charge in [0.05, 0.1) is 6.61 Å². The minimum Gasteiger partial charge on any atom is -0.494 e. The molecule has 1 aromatic carbocycles. The van der Waals surface area contributed by atoms with Gasteiger partial charge in [-0.05, 0) is 37.8 Å². The largest absolute Gasteiger partial charge is 0.494 e. The highest BCUT2D eigenvalue weighted by Gasteiger charge is 2.03. The molecule has 1 aromatic rings. The van der Waals surface area contributed by atoms with Crippen molar-refractivity contribution in [2.45, 2.75) is 32.0 Å². The second-order valence-electron chi connectivity index (χ2n) is 3.91. The lowest BCUT2D eigenvalue weighted by Gasteiger charge is -2.12. The van der Waals surface area contributed by atoms with Gasteiger partial charge in [0.1, 0.15) is 5.75 Å². The zero-order chi connectivity index (χ0) is 12.3. The molecule has 96 valence electrons. The van der Waals surface area contributed by atoms with Gasteiger partial charge in [0.25, 0.3) is 0 Å². The Kier molecular flexibility index (Phi) is 7.43. The zero-order valence-electron chi connectivity index (χ0n) is 10.7. The number of methoxy groups -OCH3 is 2. The van der Waals surface area contributed by atoms with E-state index >= 15 is 0 Å². The standard InChI is InChI=1S/C14H22O3/c1-15-14(16-2)11-7-4-8-12-17-13-9-5-3-6-10-13/h3,5-6,9-10,14H,4,7-8,11-12H2,1-2H3. The highest BCUT2D eigenvalue weighted by molar-refractivity contribution is 5.20. The molecule has 0 radical (unpaired) electrons. The lowest BCUT2D eigenvalue weighted by Crippen LogP contribution is -2.12. The van der Waals surface area contributed by atoms with E-state index in [0.717, 1.165) is 38.0 Å². The number of para-hydroxylation sites is 1. The van der Waals surface area contributed by atoms with Crippen molar-refractivity contribution < 1.29 is 14.2 Å². The van der Waals surface area contributed by atoms with Crippen molar-refractivity contribution in [2.75, 3.05) is 20.8 Å². The number of hydrogen-bond acceptors (Lipinski definition) is 3. The van der Waals surface area contributed by atoms with E-state index < -0.39 is 0 Å². The van der Waals surface area contributed by atoms with E-state index in [1.807, 2.05) is 30.3 Å². The number of ether oxygens (including phenoxy) is 3. The van der Waals surface area contributed by atoms with E-state index in [2.05, 4.69) is 0 Å². The summed E-state index contributed by atoms with van der Waals surface area (Å²) in [5.74, 6) is 0.944. The van der Waals surface area contributed by atoms with Crippen LogP contribution >= 0.6 is 0 Å². The van der Waals surface area contributed by atoms with Gasteiger partial charge in [-0.3, -0.25) is 0 Å². The average molecular weight is 238 g/mol. The molecule has 3 nitrogen and oxygen atoms in total. The average Bonchev–Trinajstić information content (AvgIpc) is 2.39. The molecule has 17 heavy (non-hydrogen) atoms. The zero-order valence-corrected chi connectivity index (χ0v) is 10.7. The van der Waals surface area contributed by atoms with Gasteiger partial charge < -0.3 is 14.2 Å². The van der Waals surface area contributed by atoms with Crippen molar-refractivity contribution in [2.24, 2.45) is 0 Å². The van der Waals surface area contributed by atoms with Gasteiger partial charge in [0.2, 0.25) is 0 Å². The quantitative estimate of drug-likeness (QED) is 0.488. The smallest absolute Gasteiger partial charge is 0.156 e. The van der Waals surface area contributed by atoms with E-state index in [0.29, 0.717) is 0 Å². The molecule has 1 rings (SSSR count). The molecule has 0 bridgehead atoms. The van der Waals surface area contributed by atoms with Gasteiger partial charge >= 0.3 is 0 Å². The molecule has 0 aliphatic carbocycles. The number of rotatable bonds is 9. The third-order valence-corrected chi connectivity index (χ3v) is 2.62. The Bertz CT molecular complexity index is 270. The number of unbranched alkanes of at least 4 members (excludes halogenated alkanes) is 2. The Morgan fingerprint density at radius 1 is 0.941 bits per heavy atom. The summed E-state index contributed by atoms with van der Waals surface area (Å²) < 4.78 is 15.8. The summed E-state index contributed by atoms with van der Waals surface area (Å²) >= 11 is 0. The molecule has 0 amide bonds. The van der Waals surface area contributed by atoms with Crippen molar-refractivity contribution >= 4 is 0 Å². The van der Waals surface area contributed by atoms with Gasteiger partial charge in [0, 0.05) is 14.2 Å². The fourth-order valence-corrected chi connectivity index (χ4v) is 1.63. The summed E-state index contributed by atoms with van der Waals surface area (Å²) in [5.41, 5.74) is 0. The van der Waals surface area contributed by atoms with Crippen LogP contribution in [0.4, 0.5) is 0 Å². The first-order valence-corrected chi connectivity index (χ1v) is 6.10. The summed E-state index contributed by atoms with van der Waals surface area (Å²) in [7, 11) is 3.35. The molecule has 0 saturated heterocycles. The van der Waals surface area contributed by atoms with Crippen LogP contribution in [-0.2, 0) is 9.47 Å². The predicted molar refractivity (Wildman–Crippen MR) is 68.2 cm³/mol. The van der Waals surface area contributed by atoms with Crippen LogP contribution < -0.4 is 4.74 Å². The van der Waals surface area contributed by atoms with Crippen LogP contribution in [0.2, 0.25) is 0 Å². The fraction of sp³-hybridized carbons (Fsp3) is 0.571. The van der Waals surface area contributed by atoms with Gasteiger partial charge in [-0.1, -0.05) is 18.2 Å². The van der Waals surface area contributed by atoms with Crippen molar-refractivity contribution in [3.8, 4) is 5.75 Å². The summed E-state index contributed by atoms with van der Waals surface area (Å²) in [5, 5.41) is 0. The molecule has 3 heteroatoms.